The maximum absolute atomic E-state index is 10.5. The van der Waals surface area contributed by atoms with Gasteiger partial charge in [0.2, 0.25) is 0 Å². The van der Waals surface area contributed by atoms with Gasteiger partial charge in [-0.05, 0) is 6.92 Å². The van der Waals surface area contributed by atoms with Crippen molar-refractivity contribution in [2.75, 3.05) is 0 Å². The fourth-order valence-electron chi connectivity index (χ4n) is 0.297. The van der Waals surface area contributed by atoms with E-state index in [1.165, 1.54) is 0 Å². The molecule has 13 heavy (non-hydrogen) atoms. The number of carboxylic acids is 1. The third-order valence-electron chi connectivity index (χ3n) is 0.933. The Morgan fingerprint density at radius 2 is 1.77 bits per heavy atom. The van der Waals surface area contributed by atoms with Crippen LogP contribution in [0.25, 0.3) is 0 Å². The fourth-order valence-corrected chi connectivity index (χ4v) is 0.690. The predicted molar refractivity (Wildman–Crippen MR) is 42.1 cm³/mol. The van der Waals surface area contributed by atoms with Gasteiger partial charge in [-0.15, -0.1) is 0 Å². The standard InChI is InChI=1S/C4H7O7P.Li.H/c1-2(3(5)6)4(7)11-12(8,9)10;;/h2H,1H3,(H,5,6)(H2,8,9,10);;. The monoisotopic (exact) mass is 206 g/mol. The van der Waals surface area contributed by atoms with Gasteiger partial charge in [0.15, 0.2) is 5.92 Å². The first-order chi connectivity index (χ1) is 5.24. The van der Waals surface area contributed by atoms with Gasteiger partial charge in [-0.1, -0.05) is 0 Å². The van der Waals surface area contributed by atoms with Crippen LogP contribution in [0.4, 0.5) is 0 Å². The summed E-state index contributed by atoms with van der Waals surface area (Å²) < 4.78 is 13.5. The van der Waals surface area contributed by atoms with Crippen molar-refractivity contribution >= 4 is 38.6 Å². The van der Waals surface area contributed by atoms with Crippen LogP contribution in [0.15, 0.2) is 0 Å². The molecule has 0 aliphatic carbocycles. The molecule has 0 spiro atoms. The van der Waals surface area contributed by atoms with E-state index < -0.39 is 25.7 Å². The quantitative estimate of drug-likeness (QED) is 0.298. The molecule has 0 aromatic rings. The molecule has 0 aliphatic heterocycles. The first-order valence-corrected chi connectivity index (χ1v) is 4.29. The molecule has 7 nitrogen and oxygen atoms in total. The molecule has 0 amide bonds. The molecule has 0 rings (SSSR count). The van der Waals surface area contributed by atoms with E-state index in [9.17, 15) is 14.2 Å². The summed E-state index contributed by atoms with van der Waals surface area (Å²) in [5.41, 5.74) is 0. The summed E-state index contributed by atoms with van der Waals surface area (Å²) in [6.07, 6.45) is 0. The van der Waals surface area contributed by atoms with E-state index in [0.717, 1.165) is 6.92 Å². The van der Waals surface area contributed by atoms with Crippen LogP contribution in [0.2, 0.25) is 0 Å². The summed E-state index contributed by atoms with van der Waals surface area (Å²) in [6, 6.07) is 0. The van der Waals surface area contributed by atoms with E-state index in [1.54, 1.807) is 0 Å². The summed E-state index contributed by atoms with van der Waals surface area (Å²) >= 11 is 0. The minimum absolute atomic E-state index is 0. The Labute approximate surface area is 85.5 Å². The minimum atomic E-state index is -4.93. The second kappa shape index (κ2) is 5.42. The molecule has 0 aromatic heterocycles. The average molecular weight is 206 g/mol. The summed E-state index contributed by atoms with van der Waals surface area (Å²) in [5, 5.41) is 8.20. The van der Waals surface area contributed by atoms with Crippen molar-refractivity contribution in [3.8, 4) is 0 Å². The third kappa shape index (κ3) is 6.81. The van der Waals surface area contributed by atoms with E-state index in [4.69, 9.17) is 14.9 Å². The second-order valence-corrected chi connectivity index (χ2v) is 3.12. The molecule has 0 aliphatic rings. The maximum atomic E-state index is 10.5. The Morgan fingerprint density at radius 1 is 1.38 bits per heavy atom. The van der Waals surface area contributed by atoms with Gasteiger partial charge in [0, 0.05) is 0 Å². The van der Waals surface area contributed by atoms with Crippen molar-refractivity contribution in [2.45, 2.75) is 6.92 Å². The number of rotatable bonds is 3. The molecular formula is C4H8LiO7P. The first kappa shape index (κ1) is 15.2. The molecule has 0 bridgehead atoms. The number of phosphoric ester groups is 1. The molecule has 1 unspecified atom stereocenters. The zero-order chi connectivity index (χ0) is 9.94. The number of carboxylic acid groups (broad SMARTS) is 1. The molecule has 0 saturated heterocycles. The zero-order valence-electron chi connectivity index (χ0n) is 6.00. The van der Waals surface area contributed by atoms with Gasteiger partial charge in [0.05, 0.1) is 0 Å². The van der Waals surface area contributed by atoms with E-state index in [0.29, 0.717) is 0 Å². The molecule has 0 saturated carbocycles. The van der Waals surface area contributed by atoms with Crippen LogP contribution in [0.5, 0.6) is 0 Å². The van der Waals surface area contributed by atoms with Gasteiger partial charge in [0.1, 0.15) is 0 Å². The van der Waals surface area contributed by atoms with Crippen molar-refractivity contribution in [1.82, 2.24) is 0 Å². The average Bonchev–Trinajstić information content (AvgIpc) is 1.82. The van der Waals surface area contributed by atoms with E-state index >= 15 is 0 Å². The van der Waals surface area contributed by atoms with Gasteiger partial charge in [-0.25, -0.2) is 4.57 Å². The summed E-state index contributed by atoms with van der Waals surface area (Å²) in [7, 11) is -4.93. The molecule has 9 heteroatoms. The predicted octanol–water partition coefficient (Wildman–Crippen LogP) is -1.31. The van der Waals surface area contributed by atoms with Crippen molar-refractivity contribution in [3.05, 3.63) is 0 Å². The Morgan fingerprint density at radius 3 is 2.00 bits per heavy atom. The fraction of sp³-hybridized carbons (Fsp3) is 0.500. The summed E-state index contributed by atoms with van der Waals surface area (Å²) in [5.74, 6) is -4.55. The number of hydrogen-bond acceptors (Lipinski definition) is 4. The Hall–Kier alpha value is -0.313. The molecular weight excluding hydrogens is 198 g/mol. The molecule has 0 aromatic carbocycles. The normalized spacial score (nSPS) is 12.5. The molecule has 0 heterocycles. The van der Waals surface area contributed by atoms with Crippen LogP contribution in [0, 0.1) is 5.92 Å². The van der Waals surface area contributed by atoms with Gasteiger partial charge in [0.25, 0.3) is 0 Å². The van der Waals surface area contributed by atoms with E-state index in [-0.39, 0.29) is 18.9 Å². The number of carbonyl (C=O) groups is 2. The van der Waals surface area contributed by atoms with Crippen molar-refractivity contribution in [2.24, 2.45) is 5.92 Å². The van der Waals surface area contributed by atoms with Crippen LogP contribution < -0.4 is 0 Å². The topological polar surface area (TPSA) is 121 Å². The van der Waals surface area contributed by atoms with Crippen LogP contribution in [0.1, 0.15) is 6.92 Å². The Balaban J connectivity index is 0. The zero-order valence-corrected chi connectivity index (χ0v) is 6.89. The number of phosphoric acid groups is 1. The second-order valence-electron chi connectivity index (χ2n) is 1.96. The van der Waals surface area contributed by atoms with E-state index in [1.807, 2.05) is 0 Å². The summed E-state index contributed by atoms with van der Waals surface area (Å²) in [4.78, 5) is 36.8. The number of carbonyl (C=O) groups excluding carboxylic acids is 1. The van der Waals surface area contributed by atoms with E-state index in [2.05, 4.69) is 4.52 Å². The van der Waals surface area contributed by atoms with Crippen LogP contribution in [0.3, 0.4) is 0 Å². The van der Waals surface area contributed by atoms with Gasteiger partial charge >= 0.3 is 38.6 Å². The summed E-state index contributed by atoms with van der Waals surface area (Å²) in [6.45, 7) is 0.959. The van der Waals surface area contributed by atoms with Crippen LogP contribution >= 0.6 is 7.82 Å². The van der Waals surface area contributed by atoms with Crippen molar-refractivity contribution in [3.63, 3.8) is 0 Å². The number of aliphatic carboxylic acids is 1. The molecule has 3 N–H and O–H groups in total. The van der Waals surface area contributed by atoms with Crippen molar-refractivity contribution < 1.29 is 33.6 Å². The Bertz CT molecular complexity index is 245. The molecule has 72 valence electrons. The third-order valence-corrected chi connectivity index (χ3v) is 1.35. The van der Waals surface area contributed by atoms with Gasteiger partial charge in [-0.3, -0.25) is 19.4 Å². The van der Waals surface area contributed by atoms with Gasteiger partial charge in [-0.2, -0.15) is 0 Å². The number of hydrogen-bond donors (Lipinski definition) is 3. The van der Waals surface area contributed by atoms with Crippen molar-refractivity contribution in [1.29, 1.82) is 0 Å². The molecule has 1 atom stereocenters. The molecule has 0 radical (unpaired) electrons. The molecule has 0 fully saturated rings. The van der Waals surface area contributed by atoms with Crippen LogP contribution in [-0.4, -0.2) is 45.7 Å². The van der Waals surface area contributed by atoms with Gasteiger partial charge < -0.3 is 9.63 Å². The SMILES string of the molecule is CC(C(=O)O)C(=O)OP(=O)(O)O.[LiH]. The first-order valence-electron chi connectivity index (χ1n) is 2.76. The Kier molecular flexibility index (Phi) is 6.33. The van der Waals surface area contributed by atoms with Crippen LogP contribution in [-0.2, 0) is 18.7 Å².